The molecule has 0 amide bonds. The van der Waals surface area contributed by atoms with Crippen LogP contribution in [0.1, 0.15) is 27.8 Å². The number of benzene rings is 10. The van der Waals surface area contributed by atoms with Crippen LogP contribution in [0.5, 0.6) is 0 Å². The summed E-state index contributed by atoms with van der Waals surface area (Å²) in [5, 5.41) is 14.5. The van der Waals surface area contributed by atoms with E-state index in [4.69, 9.17) is 6.57 Å². The average molecular weight is 867 g/mol. The molecule has 0 atom stereocenters. The summed E-state index contributed by atoms with van der Waals surface area (Å²) in [6.45, 7) is 15.2. The van der Waals surface area contributed by atoms with E-state index in [2.05, 4.69) is 10.9 Å². The largest absolute Gasteiger partial charge is 0.307 e. The predicted molar refractivity (Wildman–Crippen MR) is 260 cm³/mol. The second-order valence-electron chi connectivity index (χ2n) is 16.6. The number of anilines is 6. The zero-order valence-electron chi connectivity index (χ0n) is 36.3. The lowest BCUT2D eigenvalue weighted by Crippen LogP contribution is -2.14. The van der Waals surface area contributed by atoms with Crippen LogP contribution in [0, 0.1) is 68.9 Å². The molecule has 4 nitrogen and oxygen atoms in total. The monoisotopic (exact) mass is 866 g/mol. The van der Waals surface area contributed by atoms with Gasteiger partial charge < -0.3 is 9.80 Å². The molecule has 318 valence electrons. The number of hydrogen-bond acceptors (Lipinski definition) is 3. The molecule has 10 rings (SSSR count). The lowest BCUT2D eigenvalue weighted by atomic mass is 9.91. The molecule has 0 N–H and O–H groups in total. The highest BCUT2D eigenvalue weighted by atomic mass is 19.1. The third-order valence-electron chi connectivity index (χ3n) is 12.9. The molecular formula is C58H38F4N4. The minimum atomic E-state index is -0.651. The smallest absolute Gasteiger partial charge is 0.187 e. The average Bonchev–Trinajstić information content (AvgIpc) is 3.33. The van der Waals surface area contributed by atoms with E-state index in [0.717, 1.165) is 49.2 Å². The molecule has 66 heavy (non-hydrogen) atoms. The molecule has 0 radical (unpaired) electrons. The molecule has 0 aliphatic carbocycles. The molecule has 0 bridgehead atoms. The van der Waals surface area contributed by atoms with Crippen LogP contribution in [0.4, 0.5) is 57.4 Å². The Bertz CT molecular complexity index is 3420. The van der Waals surface area contributed by atoms with Crippen LogP contribution in [-0.2, 0) is 0 Å². The van der Waals surface area contributed by atoms with E-state index in [0.29, 0.717) is 50.5 Å². The van der Waals surface area contributed by atoms with Crippen molar-refractivity contribution in [1.29, 1.82) is 5.26 Å². The fourth-order valence-corrected chi connectivity index (χ4v) is 9.25. The van der Waals surface area contributed by atoms with Gasteiger partial charge in [-0.1, -0.05) is 84.9 Å². The molecule has 0 saturated heterocycles. The van der Waals surface area contributed by atoms with Gasteiger partial charge in [-0.2, -0.15) is 5.26 Å². The van der Waals surface area contributed by atoms with E-state index in [-0.39, 0.29) is 22.5 Å². The molecular weight excluding hydrogens is 829 g/mol. The molecule has 0 heterocycles. The Labute approximate surface area is 379 Å². The van der Waals surface area contributed by atoms with Gasteiger partial charge in [-0.15, -0.1) is 0 Å². The van der Waals surface area contributed by atoms with Crippen molar-refractivity contribution in [3.05, 3.63) is 220 Å². The lowest BCUT2D eigenvalue weighted by molar-refractivity contribution is 0.604. The summed E-state index contributed by atoms with van der Waals surface area (Å²) in [5.41, 5.74) is 7.93. The van der Waals surface area contributed by atoms with Gasteiger partial charge in [-0.25, -0.2) is 22.4 Å². The molecule has 0 unspecified atom stereocenters. The summed E-state index contributed by atoms with van der Waals surface area (Å²) >= 11 is 0. The van der Waals surface area contributed by atoms with Crippen LogP contribution >= 0.6 is 0 Å². The van der Waals surface area contributed by atoms with Crippen molar-refractivity contribution in [1.82, 2.24) is 0 Å². The third-order valence-corrected chi connectivity index (χ3v) is 12.9. The van der Waals surface area contributed by atoms with E-state index >= 15 is 17.6 Å². The van der Waals surface area contributed by atoms with Crippen molar-refractivity contribution in [2.45, 2.75) is 27.7 Å². The highest BCUT2D eigenvalue weighted by Gasteiger charge is 2.27. The van der Waals surface area contributed by atoms with Crippen molar-refractivity contribution in [3.8, 4) is 28.3 Å². The lowest BCUT2D eigenvalue weighted by Gasteiger charge is -2.30. The topological polar surface area (TPSA) is 34.6 Å². The second-order valence-corrected chi connectivity index (χ2v) is 16.6. The number of aryl methyl sites for hydroxylation is 2. The fraction of sp³-hybridized carbons (Fsp3) is 0.0690. The number of hydrogen-bond donors (Lipinski definition) is 0. The highest BCUT2D eigenvalue weighted by molar-refractivity contribution is 6.28. The quantitative estimate of drug-likeness (QED) is 0.0867. The van der Waals surface area contributed by atoms with Crippen molar-refractivity contribution in [3.63, 3.8) is 0 Å². The van der Waals surface area contributed by atoms with Gasteiger partial charge in [0.1, 0.15) is 23.3 Å². The van der Waals surface area contributed by atoms with Crippen LogP contribution in [0.25, 0.3) is 59.4 Å². The number of nitrogens with zero attached hydrogens (tertiary/aromatic N) is 4. The number of rotatable bonds is 8. The Hall–Kier alpha value is -8.46. The molecule has 0 aliphatic heterocycles. The molecule has 0 spiro atoms. The summed E-state index contributed by atoms with van der Waals surface area (Å²) in [4.78, 5) is 6.90. The third kappa shape index (κ3) is 6.83. The van der Waals surface area contributed by atoms with Crippen LogP contribution in [0.15, 0.2) is 158 Å². The van der Waals surface area contributed by atoms with Gasteiger partial charge in [0.2, 0.25) is 0 Å². The predicted octanol–water partition coefficient (Wildman–Crippen LogP) is 17.1. The zero-order valence-corrected chi connectivity index (χ0v) is 36.3. The Balaban J connectivity index is 1.20. The normalized spacial score (nSPS) is 11.3. The van der Waals surface area contributed by atoms with Crippen molar-refractivity contribution < 1.29 is 17.6 Å². The molecule has 0 aromatic heterocycles. The first kappa shape index (κ1) is 41.5. The maximum Gasteiger partial charge on any atom is 0.187 e. The van der Waals surface area contributed by atoms with E-state index in [1.807, 2.05) is 100 Å². The maximum absolute atomic E-state index is 16.9. The summed E-state index contributed by atoms with van der Waals surface area (Å²) < 4.78 is 66.8. The number of nitriles is 1. The van der Waals surface area contributed by atoms with Gasteiger partial charge in [0.25, 0.3) is 0 Å². The van der Waals surface area contributed by atoms with Gasteiger partial charge in [0.05, 0.1) is 41.0 Å². The van der Waals surface area contributed by atoms with Crippen LogP contribution in [0.2, 0.25) is 0 Å². The van der Waals surface area contributed by atoms with Gasteiger partial charge in [0.15, 0.2) is 5.69 Å². The Morgan fingerprint density at radius 2 is 0.879 bits per heavy atom. The molecule has 10 aromatic carbocycles. The first-order valence-electron chi connectivity index (χ1n) is 21.4. The van der Waals surface area contributed by atoms with E-state index in [1.54, 1.807) is 70.5 Å². The molecule has 10 aromatic rings. The first-order chi connectivity index (χ1) is 31.9. The zero-order chi connectivity index (χ0) is 46.0. The summed E-state index contributed by atoms with van der Waals surface area (Å²) in [5.74, 6) is -2.50. The highest BCUT2D eigenvalue weighted by Crippen LogP contribution is 2.49. The van der Waals surface area contributed by atoms with Crippen LogP contribution in [-0.4, -0.2) is 0 Å². The second kappa shape index (κ2) is 16.3. The van der Waals surface area contributed by atoms with Crippen molar-refractivity contribution in [2.75, 3.05) is 9.80 Å². The van der Waals surface area contributed by atoms with E-state index in [1.165, 1.54) is 24.3 Å². The SMILES string of the molecule is [C-]#[N+]c1ccc(N(c2cc(F)c(-c3cccc(C)c3C)cc2F)c2ccc3ccc4c(N(c5ccc(C#N)cc5)c5cc(F)c(-c6cccc(C)c6C)cc5F)ccc5ccc2c3c54)cc1. The molecule has 0 fully saturated rings. The fourth-order valence-electron chi connectivity index (χ4n) is 9.25. The van der Waals surface area contributed by atoms with Crippen molar-refractivity contribution >= 4 is 72.1 Å². The minimum absolute atomic E-state index is 0.0263. The summed E-state index contributed by atoms with van der Waals surface area (Å²) in [7, 11) is 0. The maximum atomic E-state index is 16.9. The van der Waals surface area contributed by atoms with Crippen LogP contribution < -0.4 is 9.80 Å². The first-order valence-corrected chi connectivity index (χ1v) is 21.4. The standard InChI is InChI=1S/C58H38F4N4/c1-33-8-6-10-43(35(33)3)47-28-51(61)55(30-49(47)59)65(41-20-12-37(32-63)13-21-41)53-26-16-38-15-25-46-54(27-17-39-14-24-45(53)57(38)58(39)46)66(42-22-18-40(64-5)19-23-42)56-31-50(60)48(29-52(56)62)44-11-7-9-34(2)36(44)4/h6-31H,1-4H3. The molecule has 0 saturated carbocycles. The minimum Gasteiger partial charge on any atom is -0.307 e. The Kier molecular flexibility index (Phi) is 10.2. The molecule has 0 aliphatic rings. The Morgan fingerprint density at radius 3 is 1.30 bits per heavy atom. The van der Waals surface area contributed by atoms with Crippen LogP contribution in [0.3, 0.4) is 0 Å². The molecule has 8 heteroatoms. The van der Waals surface area contributed by atoms with Gasteiger partial charge in [-0.05, 0) is 143 Å². The van der Waals surface area contributed by atoms with Gasteiger partial charge in [-0.3, -0.25) is 0 Å². The summed E-state index contributed by atoms with van der Waals surface area (Å²) in [6, 6.07) is 47.0. The number of halogens is 4. The Morgan fingerprint density at radius 1 is 0.455 bits per heavy atom. The van der Waals surface area contributed by atoms with E-state index < -0.39 is 23.3 Å². The van der Waals surface area contributed by atoms with E-state index in [9.17, 15) is 5.26 Å². The van der Waals surface area contributed by atoms with Gasteiger partial charge in [0, 0.05) is 45.4 Å². The summed E-state index contributed by atoms with van der Waals surface area (Å²) in [6.07, 6.45) is 0. The van der Waals surface area contributed by atoms with Crippen molar-refractivity contribution in [2.24, 2.45) is 0 Å². The van der Waals surface area contributed by atoms with Gasteiger partial charge >= 0.3 is 0 Å².